The number of anilines is 2. The van der Waals surface area contributed by atoms with Crippen LogP contribution in [0.1, 0.15) is 18.5 Å². The largest absolute Gasteiger partial charge is 0.395 e. The molecule has 1 unspecified atom stereocenters. The summed E-state index contributed by atoms with van der Waals surface area (Å²) >= 11 is 1.57. The highest BCUT2D eigenvalue weighted by Gasteiger charge is 2.10. The van der Waals surface area contributed by atoms with Crippen LogP contribution in [0, 0.1) is 5.82 Å². The van der Waals surface area contributed by atoms with E-state index in [1.807, 2.05) is 19.1 Å². The predicted octanol–water partition coefficient (Wildman–Crippen LogP) is 4.19. The first kappa shape index (κ1) is 12.9. The molecule has 1 heterocycles. The van der Waals surface area contributed by atoms with Gasteiger partial charge in [-0.3, -0.25) is 0 Å². The lowest BCUT2D eigenvalue weighted by Gasteiger charge is -2.17. The molecule has 0 saturated heterocycles. The Bertz CT molecular complexity index is 736. The van der Waals surface area contributed by atoms with Crippen molar-refractivity contribution in [3.8, 4) is 0 Å². The molecule has 0 aliphatic heterocycles. The van der Waals surface area contributed by atoms with E-state index in [1.54, 1.807) is 29.0 Å². The maximum absolute atomic E-state index is 12.9. The van der Waals surface area contributed by atoms with Crippen LogP contribution >= 0.6 is 11.3 Å². The third-order valence-electron chi connectivity index (χ3n) is 3.28. The number of hydrogen-bond acceptors (Lipinski definition) is 4. The summed E-state index contributed by atoms with van der Waals surface area (Å²) < 4.78 is 14.0. The molecule has 0 fully saturated rings. The number of thiazole rings is 1. The summed E-state index contributed by atoms with van der Waals surface area (Å²) in [7, 11) is 0. The van der Waals surface area contributed by atoms with E-state index in [0.717, 1.165) is 21.5 Å². The average molecular weight is 287 g/mol. The van der Waals surface area contributed by atoms with Crippen LogP contribution in [0.3, 0.4) is 0 Å². The van der Waals surface area contributed by atoms with Gasteiger partial charge >= 0.3 is 0 Å². The van der Waals surface area contributed by atoms with Gasteiger partial charge in [0, 0.05) is 6.04 Å². The summed E-state index contributed by atoms with van der Waals surface area (Å²) in [6.07, 6.45) is 0. The molecule has 0 aliphatic rings. The summed E-state index contributed by atoms with van der Waals surface area (Å²) in [5.41, 5.74) is 11.2. The maximum atomic E-state index is 12.9. The highest BCUT2D eigenvalue weighted by molar-refractivity contribution is 7.16. The number of nitrogens with two attached hydrogens (primary N) is 1. The Labute approximate surface area is 120 Å². The molecule has 0 aliphatic carbocycles. The van der Waals surface area contributed by atoms with Crippen molar-refractivity contribution >= 4 is 32.9 Å². The number of nitrogens with zero attached hydrogens (tertiary/aromatic N) is 1. The Morgan fingerprint density at radius 2 is 1.95 bits per heavy atom. The number of fused-ring (bicyclic) bond motifs is 1. The molecule has 2 aromatic carbocycles. The fourth-order valence-corrected chi connectivity index (χ4v) is 2.84. The van der Waals surface area contributed by atoms with Crippen LogP contribution in [-0.4, -0.2) is 4.98 Å². The summed E-state index contributed by atoms with van der Waals surface area (Å²) in [5, 5.41) is 3.35. The number of aromatic nitrogens is 1. The van der Waals surface area contributed by atoms with E-state index < -0.39 is 0 Å². The van der Waals surface area contributed by atoms with Gasteiger partial charge in [-0.15, -0.1) is 11.3 Å². The summed E-state index contributed by atoms with van der Waals surface area (Å²) in [6, 6.07) is 10.4. The zero-order chi connectivity index (χ0) is 14.1. The third kappa shape index (κ3) is 2.32. The molecule has 3 aromatic rings. The second-order valence-electron chi connectivity index (χ2n) is 4.64. The maximum Gasteiger partial charge on any atom is 0.123 e. The molecular formula is C15H14FN3S. The van der Waals surface area contributed by atoms with Gasteiger partial charge in [0.25, 0.3) is 0 Å². The van der Waals surface area contributed by atoms with Gasteiger partial charge in [0.15, 0.2) is 0 Å². The fourth-order valence-electron chi connectivity index (χ4n) is 2.15. The first-order valence-corrected chi connectivity index (χ1v) is 7.17. The molecular weight excluding hydrogens is 273 g/mol. The highest BCUT2D eigenvalue weighted by atomic mass is 32.1. The minimum absolute atomic E-state index is 0.0361. The average Bonchev–Trinajstić information content (AvgIpc) is 2.92. The summed E-state index contributed by atoms with van der Waals surface area (Å²) in [5.74, 6) is -0.232. The molecule has 0 amide bonds. The van der Waals surface area contributed by atoms with Crippen LogP contribution in [-0.2, 0) is 0 Å². The lowest BCUT2D eigenvalue weighted by molar-refractivity contribution is 0.626. The number of benzene rings is 2. The van der Waals surface area contributed by atoms with E-state index in [0.29, 0.717) is 5.69 Å². The van der Waals surface area contributed by atoms with Crippen molar-refractivity contribution in [2.24, 2.45) is 0 Å². The fraction of sp³-hybridized carbons (Fsp3) is 0.133. The number of rotatable bonds is 3. The molecule has 5 heteroatoms. The first-order chi connectivity index (χ1) is 9.65. The molecule has 3 N–H and O–H groups in total. The van der Waals surface area contributed by atoms with Crippen molar-refractivity contribution in [2.75, 3.05) is 11.1 Å². The SMILES string of the molecule is CC(Nc1ccc2scnc2c1N)c1ccc(F)cc1. The topological polar surface area (TPSA) is 50.9 Å². The quantitative estimate of drug-likeness (QED) is 0.710. The van der Waals surface area contributed by atoms with E-state index in [2.05, 4.69) is 10.3 Å². The van der Waals surface area contributed by atoms with Crippen LogP contribution in [0.15, 0.2) is 41.9 Å². The van der Waals surface area contributed by atoms with Crippen molar-refractivity contribution in [2.45, 2.75) is 13.0 Å². The minimum Gasteiger partial charge on any atom is -0.395 e. The normalized spacial score (nSPS) is 12.5. The standard InChI is InChI=1S/C15H14FN3S/c1-9(10-2-4-11(16)5-3-10)19-12-6-7-13-15(14(12)17)18-8-20-13/h2-9,19H,17H2,1H3. The van der Waals surface area contributed by atoms with Gasteiger partial charge in [-0.2, -0.15) is 0 Å². The van der Waals surface area contributed by atoms with Gasteiger partial charge in [0.1, 0.15) is 11.3 Å². The Hall–Kier alpha value is -2.14. The number of nitrogens with one attached hydrogen (secondary N) is 1. The van der Waals surface area contributed by atoms with Gasteiger partial charge < -0.3 is 11.1 Å². The molecule has 3 nitrogen and oxygen atoms in total. The van der Waals surface area contributed by atoms with Gasteiger partial charge in [-0.25, -0.2) is 9.37 Å². The molecule has 1 aromatic heterocycles. The molecule has 1 atom stereocenters. The molecule has 0 spiro atoms. The van der Waals surface area contributed by atoms with Gasteiger partial charge in [0.05, 0.1) is 21.6 Å². The van der Waals surface area contributed by atoms with Gasteiger partial charge in [0.2, 0.25) is 0 Å². The lowest BCUT2D eigenvalue weighted by atomic mass is 10.1. The van der Waals surface area contributed by atoms with Crippen molar-refractivity contribution in [1.29, 1.82) is 0 Å². The number of halogens is 1. The van der Waals surface area contributed by atoms with E-state index in [1.165, 1.54) is 12.1 Å². The van der Waals surface area contributed by atoms with E-state index >= 15 is 0 Å². The molecule has 102 valence electrons. The van der Waals surface area contributed by atoms with Crippen LogP contribution < -0.4 is 11.1 Å². The van der Waals surface area contributed by atoms with E-state index in [-0.39, 0.29) is 11.9 Å². The van der Waals surface area contributed by atoms with Crippen molar-refractivity contribution in [3.05, 3.63) is 53.3 Å². The predicted molar refractivity (Wildman–Crippen MR) is 82.5 cm³/mol. The molecule has 20 heavy (non-hydrogen) atoms. The number of nitrogen functional groups attached to an aromatic ring is 1. The van der Waals surface area contributed by atoms with Crippen molar-refractivity contribution in [3.63, 3.8) is 0 Å². The third-order valence-corrected chi connectivity index (χ3v) is 4.08. The smallest absolute Gasteiger partial charge is 0.123 e. The van der Waals surface area contributed by atoms with Crippen LogP contribution in [0.2, 0.25) is 0 Å². The monoisotopic (exact) mass is 287 g/mol. The van der Waals surface area contributed by atoms with Crippen LogP contribution in [0.5, 0.6) is 0 Å². The van der Waals surface area contributed by atoms with Crippen molar-refractivity contribution < 1.29 is 4.39 Å². The minimum atomic E-state index is -0.232. The van der Waals surface area contributed by atoms with Crippen molar-refractivity contribution in [1.82, 2.24) is 4.98 Å². The zero-order valence-corrected chi connectivity index (χ0v) is 11.7. The summed E-state index contributed by atoms with van der Waals surface area (Å²) in [4.78, 5) is 4.27. The Morgan fingerprint density at radius 1 is 1.20 bits per heavy atom. The lowest BCUT2D eigenvalue weighted by Crippen LogP contribution is -2.08. The first-order valence-electron chi connectivity index (χ1n) is 6.29. The molecule has 0 saturated carbocycles. The Morgan fingerprint density at radius 3 is 2.70 bits per heavy atom. The second-order valence-corrected chi connectivity index (χ2v) is 5.53. The molecule has 3 rings (SSSR count). The Balaban J connectivity index is 1.88. The van der Waals surface area contributed by atoms with E-state index in [4.69, 9.17) is 5.73 Å². The number of hydrogen-bond donors (Lipinski definition) is 2. The molecule has 0 bridgehead atoms. The summed E-state index contributed by atoms with van der Waals surface area (Å²) in [6.45, 7) is 2.01. The van der Waals surface area contributed by atoms with Gasteiger partial charge in [-0.1, -0.05) is 12.1 Å². The highest BCUT2D eigenvalue weighted by Crippen LogP contribution is 2.32. The van der Waals surface area contributed by atoms with Crippen LogP contribution in [0.4, 0.5) is 15.8 Å². The zero-order valence-electron chi connectivity index (χ0n) is 10.9. The second kappa shape index (κ2) is 5.09. The van der Waals surface area contributed by atoms with Crippen LogP contribution in [0.25, 0.3) is 10.2 Å². The van der Waals surface area contributed by atoms with Gasteiger partial charge in [-0.05, 0) is 36.8 Å². The van der Waals surface area contributed by atoms with E-state index in [9.17, 15) is 4.39 Å². The Kier molecular flexibility index (Phi) is 3.28. The molecule has 0 radical (unpaired) electrons.